The lowest BCUT2D eigenvalue weighted by Gasteiger charge is -2.34. The Bertz CT molecular complexity index is 880. The fraction of sp³-hybridized carbons (Fsp3) is 0.227. The maximum atomic E-state index is 13.1. The van der Waals surface area contributed by atoms with E-state index in [1.54, 1.807) is 0 Å². The molecule has 0 spiro atoms. The van der Waals surface area contributed by atoms with Gasteiger partial charge in [0.05, 0.1) is 5.56 Å². The van der Waals surface area contributed by atoms with Crippen LogP contribution in [0.5, 0.6) is 0 Å². The minimum atomic E-state index is -4.36. The monoisotopic (exact) mass is 369 g/mol. The maximum absolute atomic E-state index is 13.1. The van der Waals surface area contributed by atoms with Gasteiger partial charge >= 0.3 is 6.18 Å². The van der Waals surface area contributed by atoms with Crippen molar-refractivity contribution in [2.75, 3.05) is 0 Å². The Labute approximate surface area is 156 Å². The van der Waals surface area contributed by atoms with Crippen molar-refractivity contribution in [1.82, 2.24) is 4.98 Å². The Morgan fingerprint density at radius 2 is 1.37 bits per heavy atom. The van der Waals surface area contributed by atoms with Gasteiger partial charge in [0, 0.05) is 22.9 Å². The van der Waals surface area contributed by atoms with Crippen molar-refractivity contribution >= 4 is 0 Å². The van der Waals surface area contributed by atoms with Crippen molar-refractivity contribution in [3.05, 3.63) is 101 Å². The van der Waals surface area contributed by atoms with Gasteiger partial charge in [-0.05, 0) is 6.07 Å². The molecule has 0 aliphatic carbocycles. The molecule has 1 aliphatic rings. The third-order valence-electron chi connectivity index (χ3n) is 5.10. The average molecular weight is 369 g/mol. The van der Waals surface area contributed by atoms with Crippen molar-refractivity contribution in [1.29, 1.82) is 0 Å². The molecule has 2 aromatic carbocycles. The fourth-order valence-corrected chi connectivity index (χ4v) is 3.93. The molecule has 0 amide bonds. The highest BCUT2D eigenvalue weighted by molar-refractivity contribution is 5.28. The van der Waals surface area contributed by atoms with E-state index < -0.39 is 11.7 Å². The molecular weight excluding hydrogens is 349 g/mol. The van der Waals surface area contributed by atoms with Crippen molar-refractivity contribution < 1.29 is 17.7 Å². The lowest BCUT2D eigenvalue weighted by Crippen LogP contribution is -2.41. The first-order valence-corrected chi connectivity index (χ1v) is 8.92. The standard InChI is InChI=1S/C22H20F3N2/c23-22(24,25)20-11-19-15-27(16-21(19)26-12-20,13-17-7-3-1-4-8-17)14-18-9-5-2-6-10-18/h1-12H,13-16H2/q+1. The summed E-state index contributed by atoms with van der Waals surface area (Å²) in [6.07, 6.45) is -3.40. The number of alkyl halides is 3. The molecule has 0 unspecified atom stereocenters. The van der Waals surface area contributed by atoms with Crippen molar-refractivity contribution in [3.8, 4) is 0 Å². The van der Waals surface area contributed by atoms with Crippen molar-refractivity contribution in [3.63, 3.8) is 0 Å². The van der Waals surface area contributed by atoms with Gasteiger partial charge in [-0.25, -0.2) is 0 Å². The van der Waals surface area contributed by atoms with Gasteiger partial charge in [0.15, 0.2) is 0 Å². The molecule has 0 saturated carbocycles. The first-order valence-electron chi connectivity index (χ1n) is 8.92. The molecule has 27 heavy (non-hydrogen) atoms. The molecule has 2 heterocycles. The predicted molar refractivity (Wildman–Crippen MR) is 97.2 cm³/mol. The zero-order valence-electron chi connectivity index (χ0n) is 14.8. The Morgan fingerprint density at radius 3 is 1.89 bits per heavy atom. The highest BCUT2D eigenvalue weighted by atomic mass is 19.4. The highest BCUT2D eigenvalue weighted by Gasteiger charge is 2.40. The van der Waals surface area contributed by atoms with Gasteiger partial charge in [-0.2, -0.15) is 13.2 Å². The number of rotatable bonds is 4. The van der Waals surface area contributed by atoms with E-state index in [1.807, 2.05) is 36.4 Å². The average Bonchev–Trinajstić information content (AvgIpc) is 2.99. The first-order chi connectivity index (χ1) is 12.9. The molecule has 5 heteroatoms. The molecule has 3 aromatic rings. The summed E-state index contributed by atoms with van der Waals surface area (Å²) in [5.74, 6) is 0. The van der Waals surface area contributed by atoms with Crippen LogP contribution < -0.4 is 0 Å². The summed E-state index contributed by atoms with van der Waals surface area (Å²) in [7, 11) is 0. The molecule has 0 bridgehead atoms. The number of aromatic nitrogens is 1. The van der Waals surface area contributed by atoms with Crippen LogP contribution in [0.2, 0.25) is 0 Å². The zero-order valence-corrected chi connectivity index (χ0v) is 14.8. The first kappa shape index (κ1) is 17.7. The van der Waals surface area contributed by atoms with E-state index in [-0.39, 0.29) is 0 Å². The fourth-order valence-electron chi connectivity index (χ4n) is 3.93. The van der Waals surface area contributed by atoms with Crippen molar-refractivity contribution in [2.24, 2.45) is 0 Å². The number of quaternary nitrogens is 1. The number of halogens is 3. The smallest absolute Gasteiger partial charge is 0.307 e. The van der Waals surface area contributed by atoms with Crippen LogP contribution in [0, 0.1) is 0 Å². The number of nitrogens with zero attached hydrogens (tertiary/aromatic N) is 2. The number of hydrogen-bond donors (Lipinski definition) is 0. The van der Waals surface area contributed by atoms with E-state index in [4.69, 9.17) is 0 Å². The topological polar surface area (TPSA) is 12.9 Å². The van der Waals surface area contributed by atoms with Crippen LogP contribution in [0.4, 0.5) is 13.2 Å². The molecule has 0 saturated heterocycles. The second-order valence-electron chi connectivity index (χ2n) is 7.27. The SMILES string of the molecule is FC(F)(F)c1cnc2c(c1)C[N+](Cc1ccccc1)(Cc1ccccc1)C2. The quantitative estimate of drug-likeness (QED) is 0.567. The van der Waals surface area contributed by atoms with Gasteiger partial charge in [-0.15, -0.1) is 0 Å². The Kier molecular flexibility index (Phi) is 4.48. The lowest BCUT2D eigenvalue weighted by atomic mass is 10.1. The van der Waals surface area contributed by atoms with Crippen LogP contribution in [-0.4, -0.2) is 9.47 Å². The van der Waals surface area contributed by atoms with Gasteiger partial charge in [0.25, 0.3) is 0 Å². The maximum Gasteiger partial charge on any atom is 0.417 e. The van der Waals surface area contributed by atoms with Crippen LogP contribution in [0.25, 0.3) is 0 Å². The minimum absolute atomic E-state index is 0.552. The summed E-state index contributed by atoms with van der Waals surface area (Å²) >= 11 is 0. The van der Waals surface area contributed by atoms with Crippen LogP contribution in [-0.2, 0) is 32.4 Å². The number of hydrogen-bond acceptors (Lipinski definition) is 1. The van der Waals surface area contributed by atoms with Gasteiger partial charge in [0.2, 0.25) is 0 Å². The summed E-state index contributed by atoms with van der Waals surface area (Å²) in [5, 5.41) is 0. The summed E-state index contributed by atoms with van der Waals surface area (Å²) in [6.45, 7) is 2.70. The van der Waals surface area contributed by atoms with E-state index in [0.29, 0.717) is 23.1 Å². The van der Waals surface area contributed by atoms with Crippen LogP contribution in [0.1, 0.15) is 27.9 Å². The summed E-state index contributed by atoms with van der Waals surface area (Å²) < 4.78 is 39.9. The predicted octanol–water partition coefficient (Wildman–Crippen LogP) is 5.33. The molecule has 1 aliphatic heterocycles. The normalized spacial score (nSPS) is 15.5. The second kappa shape index (κ2) is 6.82. The Balaban J connectivity index is 1.68. The second-order valence-corrected chi connectivity index (χ2v) is 7.27. The van der Waals surface area contributed by atoms with Crippen LogP contribution in [0.3, 0.4) is 0 Å². The number of benzene rings is 2. The summed E-state index contributed by atoms with van der Waals surface area (Å²) in [4.78, 5) is 4.17. The minimum Gasteiger partial charge on any atom is -0.307 e. The van der Waals surface area contributed by atoms with E-state index in [9.17, 15) is 13.2 Å². The molecular formula is C22H20F3N2+. The van der Waals surface area contributed by atoms with Gasteiger partial charge in [0.1, 0.15) is 31.9 Å². The third kappa shape index (κ3) is 3.88. The Hall–Kier alpha value is -2.66. The highest BCUT2D eigenvalue weighted by Crippen LogP contribution is 2.37. The molecule has 0 radical (unpaired) electrons. The van der Waals surface area contributed by atoms with Gasteiger partial charge < -0.3 is 4.48 Å². The molecule has 2 nitrogen and oxygen atoms in total. The zero-order chi connectivity index (χ0) is 18.9. The Morgan fingerprint density at radius 1 is 0.815 bits per heavy atom. The number of pyridine rings is 1. The number of fused-ring (bicyclic) bond motifs is 1. The van der Waals surface area contributed by atoms with E-state index in [0.717, 1.165) is 25.0 Å². The van der Waals surface area contributed by atoms with E-state index in [1.165, 1.54) is 17.2 Å². The van der Waals surface area contributed by atoms with E-state index in [2.05, 4.69) is 29.2 Å². The molecule has 138 valence electrons. The third-order valence-corrected chi connectivity index (χ3v) is 5.10. The van der Waals surface area contributed by atoms with Gasteiger partial charge in [-0.1, -0.05) is 60.7 Å². The van der Waals surface area contributed by atoms with Crippen molar-refractivity contribution in [2.45, 2.75) is 32.4 Å². The van der Waals surface area contributed by atoms with E-state index >= 15 is 0 Å². The molecule has 4 rings (SSSR count). The summed E-state index contributed by atoms with van der Waals surface area (Å²) in [6, 6.07) is 21.5. The molecule has 0 N–H and O–H groups in total. The molecule has 0 fully saturated rings. The molecule has 0 atom stereocenters. The largest absolute Gasteiger partial charge is 0.417 e. The van der Waals surface area contributed by atoms with Crippen LogP contribution >= 0.6 is 0 Å². The summed E-state index contributed by atoms with van der Waals surface area (Å²) in [5.41, 5.74) is 3.17. The molecule has 1 aromatic heterocycles. The van der Waals surface area contributed by atoms with Gasteiger partial charge in [-0.3, -0.25) is 4.98 Å². The van der Waals surface area contributed by atoms with Crippen LogP contribution in [0.15, 0.2) is 72.9 Å². The lowest BCUT2D eigenvalue weighted by molar-refractivity contribution is -0.972.